The van der Waals surface area contributed by atoms with Crippen molar-refractivity contribution in [1.29, 1.82) is 0 Å². The van der Waals surface area contributed by atoms with Gasteiger partial charge in [0, 0.05) is 12.1 Å². The summed E-state index contributed by atoms with van der Waals surface area (Å²) < 4.78 is 40.7. The SMILES string of the molecule is Cc1ccc(S(=O)(=O)N2CCCc3cc(F)ccc32)cc1C(N)=O. The molecule has 0 spiro atoms. The Labute approximate surface area is 139 Å². The summed E-state index contributed by atoms with van der Waals surface area (Å²) in [4.78, 5) is 11.5. The highest BCUT2D eigenvalue weighted by molar-refractivity contribution is 7.92. The number of hydrogen-bond acceptors (Lipinski definition) is 3. The van der Waals surface area contributed by atoms with Gasteiger partial charge >= 0.3 is 0 Å². The number of carbonyl (C=O) groups is 1. The molecule has 0 aliphatic carbocycles. The molecule has 1 aliphatic heterocycles. The molecule has 0 radical (unpaired) electrons. The van der Waals surface area contributed by atoms with Crippen LogP contribution in [0.3, 0.4) is 0 Å². The third kappa shape index (κ3) is 2.75. The summed E-state index contributed by atoms with van der Waals surface area (Å²) >= 11 is 0. The zero-order chi connectivity index (χ0) is 17.5. The fraction of sp³-hybridized carbons (Fsp3) is 0.235. The first kappa shape index (κ1) is 16.4. The largest absolute Gasteiger partial charge is 0.366 e. The fourth-order valence-corrected chi connectivity index (χ4v) is 4.50. The summed E-state index contributed by atoms with van der Waals surface area (Å²) in [7, 11) is -3.86. The van der Waals surface area contributed by atoms with Crippen molar-refractivity contribution in [3.8, 4) is 0 Å². The van der Waals surface area contributed by atoms with Gasteiger partial charge in [0.25, 0.3) is 10.0 Å². The molecule has 1 heterocycles. The number of carbonyl (C=O) groups excluding carboxylic acids is 1. The lowest BCUT2D eigenvalue weighted by atomic mass is 10.0. The van der Waals surface area contributed by atoms with E-state index in [1.165, 1.54) is 34.6 Å². The number of nitrogens with two attached hydrogens (primary N) is 1. The van der Waals surface area contributed by atoms with Crippen LogP contribution in [0.4, 0.5) is 10.1 Å². The van der Waals surface area contributed by atoms with Gasteiger partial charge in [0.15, 0.2) is 0 Å². The summed E-state index contributed by atoms with van der Waals surface area (Å²) in [5.41, 5.74) is 7.23. The highest BCUT2D eigenvalue weighted by Gasteiger charge is 2.30. The molecule has 3 rings (SSSR count). The highest BCUT2D eigenvalue weighted by Crippen LogP contribution is 2.32. The maximum absolute atomic E-state index is 13.4. The standard InChI is InChI=1S/C17H17FN2O3S/c1-11-4-6-14(10-15(11)17(19)21)24(22,23)20-8-2-3-12-9-13(18)5-7-16(12)20/h4-7,9-10H,2-3,8H2,1H3,(H2,19,21). The third-order valence-corrected chi connectivity index (χ3v) is 5.99. The molecule has 2 aromatic rings. The van der Waals surface area contributed by atoms with E-state index in [-0.39, 0.29) is 16.3 Å². The van der Waals surface area contributed by atoms with Crippen molar-refractivity contribution in [2.24, 2.45) is 5.73 Å². The average molecular weight is 348 g/mol. The number of anilines is 1. The summed E-state index contributed by atoms with van der Waals surface area (Å²) in [6.45, 7) is 2.00. The number of benzene rings is 2. The van der Waals surface area contributed by atoms with Crippen LogP contribution in [0.5, 0.6) is 0 Å². The highest BCUT2D eigenvalue weighted by atomic mass is 32.2. The Hall–Kier alpha value is -2.41. The number of hydrogen-bond donors (Lipinski definition) is 1. The van der Waals surface area contributed by atoms with E-state index in [0.717, 1.165) is 0 Å². The van der Waals surface area contributed by atoms with E-state index < -0.39 is 15.9 Å². The zero-order valence-electron chi connectivity index (χ0n) is 13.1. The Morgan fingerprint density at radius 1 is 1.21 bits per heavy atom. The molecule has 0 saturated carbocycles. The summed E-state index contributed by atoms with van der Waals surface area (Å²) in [6.07, 6.45) is 1.23. The van der Waals surface area contributed by atoms with Crippen molar-refractivity contribution in [2.75, 3.05) is 10.8 Å². The molecule has 1 aliphatic rings. The van der Waals surface area contributed by atoms with Gasteiger partial charge in [-0.15, -0.1) is 0 Å². The quantitative estimate of drug-likeness (QED) is 0.925. The van der Waals surface area contributed by atoms with Gasteiger partial charge in [0.2, 0.25) is 5.91 Å². The van der Waals surface area contributed by atoms with E-state index in [1.54, 1.807) is 13.0 Å². The molecule has 0 unspecified atom stereocenters. The number of primary amides is 1. The van der Waals surface area contributed by atoms with E-state index in [0.29, 0.717) is 36.2 Å². The van der Waals surface area contributed by atoms with Gasteiger partial charge in [-0.25, -0.2) is 12.8 Å². The molecule has 2 N–H and O–H groups in total. The number of rotatable bonds is 3. The minimum atomic E-state index is -3.86. The summed E-state index contributed by atoms with van der Waals surface area (Å²) in [5, 5.41) is 0. The molecule has 0 atom stereocenters. The maximum atomic E-state index is 13.4. The number of nitrogens with zero attached hydrogens (tertiary/aromatic N) is 1. The zero-order valence-corrected chi connectivity index (χ0v) is 13.9. The van der Waals surface area contributed by atoms with Gasteiger partial charge in [0.1, 0.15) is 5.82 Å². The molecular weight excluding hydrogens is 331 g/mol. The van der Waals surface area contributed by atoms with Crippen molar-refractivity contribution < 1.29 is 17.6 Å². The lowest BCUT2D eigenvalue weighted by Crippen LogP contribution is -2.35. The van der Waals surface area contributed by atoms with Crippen LogP contribution in [0.2, 0.25) is 0 Å². The van der Waals surface area contributed by atoms with Crippen LogP contribution in [0.25, 0.3) is 0 Å². The Balaban J connectivity index is 2.10. The van der Waals surface area contributed by atoms with Crippen LogP contribution in [0.15, 0.2) is 41.3 Å². The second-order valence-electron chi connectivity index (χ2n) is 5.79. The van der Waals surface area contributed by atoms with E-state index in [1.807, 2.05) is 0 Å². The Bertz CT molecular complexity index is 925. The second-order valence-corrected chi connectivity index (χ2v) is 7.66. The fourth-order valence-electron chi connectivity index (χ4n) is 2.94. The van der Waals surface area contributed by atoms with Gasteiger partial charge < -0.3 is 5.73 Å². The predicted molar refractivity (Wildman–Crippen MR) is 88.9 cm³/mol. The first-order valence-corrected chi connectivity index (χ1v) is 8.96. The summed E-state index contributed by atoms with van der Waals surface area (Å²) in [6, 6.07) is 8.39. The van der Waals surface area contributed by atoms with Crippen LogP contribution in [-0.2, 0) is 16.4 Å². The molecule has 0 aromatic heterocycles. The van der Waals surface area contributed by atoms with Gasteiger partial charge in [0.05, 0.1) is 10.6 Å². The van der Waals surface area contributed by atoms with Gasteiger partial charge in [-0.05, 0) is 61.2 Å². The topological polar surface area (TPSA) is 80.5 Å². The number of sulfonamides is 1. The van der Waals surface area contributed by atoms with Crippen molar-refractivity contribution in [3.63, 3.8) is 0 Å². The van der Waals surface area contributed by atoms with Gasteiger partial charge in [-0.2, -0.15) is 0 Å². The third-order valence-electron chi connectivity index (χ3n) is 4.18. The molecule has 2 aromatic carbocycles. The summed E-state index contributed by atoms with van der Waals surface area (Å²) in [5.74, 6) is -1.06. The normalized spacial score (nSPS) is 14.3. The van der Waals surface area contributed by atoms with E-state index in [2.05, 4.69) is 0 Å². The van der Waals surface area contributed by atoms with Crippen molar-refractivity contribution >= 4 is 21.6 Å². The monoisotopic (exact) mass is 348 g/mol. The minimum Gasteiger partial charge on any atom is -0.366 e. The van der Waals surface area contributed by atoms with Crippen LogP contribution in [0, 0.1) is 12.7 Å². The van der Waals surface area contributed by atoms with Crippen molar-refractivity contribution in [2.45, 2.75) is 24.7 Å². The molecule has 126 valence electrons. The van der Waals surface area contributed by atoms with E-state index in [4.69, 9.17) is 5.73 Å². The predicted octanol–water partition coefficient (Wildman–Crippen LogP) is 2.37. The van der Waals surface area contributed by atoms with E-state index >= 15 is 0 Å². The molecule has 7 heteroatoms. The molecule has 0 saturated heterocycles. The molecule has 24 heavy (non-hydrogen) atoms. The lowest BCUT2D eigenvalue weighted by molar-refractivity contribution is 0.0999. The first-order valence-electron chi connectivity index (χ1n) is 7.52. The van der Waals surface area contributed by atoms with Crippen LogP contribution in [-0.4, -0.2) is 20.9 Å². The number of halogens is 1. The van der Waals surface area contributed by atoms with Gasteiger partial charge in [-0.3, -0.25) is 9.10 Å². The van der Waals surface area contributed by atoms with Crippen molar-refractivity contribution in [1.82, 2.24) is 0 Å². The Kier molecular flexibility index (Phi) is 4.04. The van der Waals surface area contributed by atoms with Crippen molar-refractivity contribution in [3.05, 3.63) is 58.9 Å². The number of amides is 1. The molecule has 1 amide bonds. The molecule has 0 fully saturated rings. The maximum Gasteiger partial charge on any atom is 0.264 e. The first-order chi connectivity index (χ1) is 11.3. The molecule has 0 bridgehead atoms. The lowest BCUT2D eigenvalue weighted by Gasteiger charge is -2.30. The van der Waals surface area contributed by atoms with Crippen LogP contribution in [0.1, 0.15) is 27.9 Å². The van der Waals surface area contributed by atoms with Crippen LogP contribution < -0.4 is 10.0 Å². The Morgan fingerprint density at radius 2 is 1.96 bits per heavy atom. The molecule has 5 nitrogen and oxygen atoms in total. The van der Waals surface area contributed by atoms with E-state index in [9.17, 15) is 17.6 Å². The second kappa shape index (κ2) is 5.90. The number of aryl methyl sites for hydroxylation is 2. The smallest absolute Gasteiger partial charge is 0.264 e. The Morgan fingerprint density at radius 3 is 2.67 bits per heavy atom. The average Bonchev–Trinajstić information content (AvgIpc) is 2.53. The van der Waals surface area contributed by atoms with Gasteiger partial charge in [-0.1, -0.05) is 6.07 Å². The minimum absolute atomic E-state index is 0.000856. The van der Waals surface area contributed by atoms with Crippen LogP contribution >= 0.6 is 0 Å². The molecular formula is C17H17FN2O3S. The number of fused-ring (bicyclic) bond motifs is 1.